The van der Waals surface area contributed by atoms with Gasteiger partial charge in [-0.1, -0.05) is 0 Å². The molecule has 142 valence electrons. The molecule has 1 aromatic carbocycles. The summed E-state index contributed by atoms with van der Waals surface area (Å²) < 4.78 is 17.8. The first-order chi connectivity index (χ1) is 13.0. The normalized spacial score (nSPS) is 10.4. The number of rotatable bonds is 7. The zero-order valence-corrected chi connectivity index (χ0v) is 15.9. The SMILES string of the molecule is COc1cc(Nc2cc(C)nc(Nc3ccnn3C)n2)cc(OC)c1OC. The Bertz CT molecular complexity index is 916. The molecule has 3 rings (SSSR count). The van der Waals surface area contributed by atoms with Crippen LogP contribution >= 0.6 is 0 Å². The Morgan fingerprint density at radius 3 is 2.19 bits per heavy atom. The number of nitrogens with one attached hydrogen (secondary N) is 2. The molecule has 27 heavy (non-hydrogen) atoms. The molecule has 0 aliphatic rings. The molecule has 2 N–H and O–H groups in total. The minimum atomic E-state index is 0.466. The van der Waals surface area contributed by atoms with Crippen LogP contribution in [0.1, 0.15) is 5.69 Å². The Morgan fingerprint density at radius 1 is 0.926 bits per heavy atom. The summed E-state index contributed by atoms with van der Waals surface area (Å²) in [4.78, 5) is 8.92. The van der Waals surface area contributed by atoms with Gasteiger partial charge in [-0.15, -0.1) is 0 Å². The fraction of sp³-hybridized carbons (Fsp3) is 0.278. The second-order valence-corrected chi connectivity index (χ2v) is 5.72. The highest BCUT2D eigenvalue weighted by Gasteiger charge is 2.14. The number of anilines is 4. The molecule has 0 aliphatic carbocycles. The summed E-state index contributed by atoms with van der Waals surface area (Å²) in [6.07, 6.45) is 1.70. The Morgan fingerprint density at radius 2 is 1.63 bits per heavy atom. The molecule has 2 aromatic heterocycles. The lowest BCUT2D eigenvalue weighted by atomic mass is 10.2. The van der Waals surface area contributed by atoms with E-state index in [-0.39, 0.29) is 0 Å². The molecule has 0 atom stereocenters. The molecule has 0 saturated carbocycles. The standard InChI is InChI=1S/C18H22N6O3/c1-11-8-15(22-18(20-11)23-16-6-7-19-24(16)2)21-12-9-13(25-3)17(27-5)14(10-12)26-4/h6-10H,1-5H3,(H2,20,21,22,23). The number of nitrogens with zero attached hydrogens (tertiary/aromatic N) is 4. The van der Waals surface area contributed by atoms with Gasteiger partial charge in [0.1, 0.15) is 11.6 Å². The zero-order chi connectivity index (χ0) is 19.4. The van der Waals surface area contributed by atoms with Crippen molar-refractivity contribution in [3.8, 4) is 17.2 Å². The summed E-state index contributed by atoms with van der Waals surface area (Å²) in [6.45, 7) is 1.90. The molecular formula is C18H22N6O3. The van der Waals surface area contributed by atoms with Crippen molar-refractivity contribution in [2.24, 2.45) is 7.05 Å². The second kappa shape index (κ2) is 7.81. The number of benzene rings is 1. The monoisotopic (exact) mass is 370 g/mol. The van der Waals surface area contributed by atoms with Crippen molar-refractivity contribution in [1.29, 1.82) is 0 Å². The molecule has 0 spiro atoms. The van der Waals surface area contributed by atoms with E-state index < -0.39 is 0 Å². The fourth-order valence-corrected chi connectivity index (χ4v) is 2.60. The molecule has 9 heteroatoms. The van der Waals surface area contributed by atoms with Gasteiger partial charge >= 0.3 is 0 Å². The summed E-state index contributed by atoms with van der Waals surface area (Å²) >= 11 is 0. The lowest BCUT2D eigenvalue weighted by Crippen LogP contribution is -2.05. The highest BCUT2D eigenvalue weighted by atomic mass is 16.5. The van der Waals surface area contributed by atoms with Crippen molar-refractivity contribution >= 4 is 23.3 Å². The Hall–Kier alpha value is -3.49. The van der Waals surface area contributed by atoms with Gasteiger partial charge in [-0.2, -0.15) is 10.1 Å². The molecule has 0 fully saturated rings. The maximum atomic E-state index is 5.39. The highest BCUT2D eigenvalue weighted by molar-refractivity contribution is 5.67. The van der Waals surface area contributed by atoms with Crippen LogP contribution in [0.15, 0.2) is 30.5 Å². The van der Waals surface area contributed by atoms with Crippen LogP contribution in [0.25, 0.3) is 0 Å². The Balaban J connectivity index is 1.90. The Kier molecular flexibility index (Phi) is 5.30. The number of hydrogen-bond donors (Lipinski definition) is 2. The van der Waals surface area contributed by atoms with Gasteiger partial charge < -0.3 is 24.8 Å². The number of aromatic nitrogens is 4. The van der Waals surface area contributed by atoms with E-state index in [1.165, 1.54) is 0 Å². The molecule has 0 saturated heterocycles. The minimum absolute atomic E-state index is 0.466. The molecule has 9 nitrogen and oxygen atoms in total. The van der Waals surface area contributed by atoms with Gasteiger partial charge in [0.2, 0.25) is 11.7 Å². The number of methoxy groups -OCH3 is 3. The average Bonchev–Trinajstić information content (AvgIpc) is 3.04. The second-order valence-electron chi connectivity index (χ2n) is 5.72. The molecule has 0 bridgehead atoms. The Labute approximate surface area is 157 Å². The van der Waals surface area contributed by atoms with E-state index in [2.05, 4.69) is 25.7 Å². The van der Waals surface area contributed by atoms with Crippen LogP contribution in [-0.2, 0) is 7.05 Å². The van der Waals surface area contributed by atoms with Crippen LogP contribution in [0, 0.1) is 6.92 Å². The zero-order valence-electron chi connectivity index (χ0n) is 15.9. The van der Waals surface area contributed by atoms with Crippen molar-refractivity contribution in [3.63, 3.8) is 0 Å². The van der Waals surface area contributed by atoms with Gasteiger partial charge in [0, 0.05) is 42.7 Å². The average molecular weight is 370 g/mol. The van der Waals surface area contributed by atoms with Gasteiger partial charge in [0.25, 0.3) is 0 Å². The summed E-state index contributed by atoms with van der Waals surface area (Å²) in [5.74, 6) is 3.52. The van der Waals surface area contributed by atoms with Crippen LogP contribution in [0.4, 0.5) is 23.3 Å². The third-order valence-corrected chi connectivity index (χ3v) is 3.85. The molecule has 0 amide bonds. The number of ether oxygens (including phenoxy) is 3. The van der Waals surface area contributed by atoms with E-state index in [4.69, 9.17) is 14.2 Å². The van der Waals surface area contributed by atoms with Crippen LogP contribution in [0.3, 0.4) is 0 Å². The number of aryl methyl sites for hydroxylation is 2. The van der Waals surface area contributed by atoms with Gasteiger partial charge in [-0.3, -0.25) is 4.68 Å². The maximum Gasteiger partial charge on any atom is 0.230 e. The van der Waals surface area contributed by atoms with E-state index in [0.29, 0.717) is 29.0 Å². The summed E-state index contributed by atoms with van der Waals surface area (Å²) in [6, 6.07) is 7.32. The van der Waals surface area contributed by atoms with Crippen molar-refractivity contribution < 1.29 is 14.2 Å². The lowest BCUT2D eigenvalue weighted by Gasteiger charge is -2.15. The van der Waals surface area contributed by atoms with E-state index in [1.807, 2.05) is 38.2 Å². The molecule has 3 aromatic rings. The molecular weight excluding hydrogens is 348 g/mol. The van der Waals surface area contributed by atoms with Crippen LogP contribution in [-0.4, -0.2) is 41.1 Å². The highest BCUT2D eigenvalue weighted by Crippen LogP contribution is 2.40. The van der Waals surface area contributed by atoms with Gasteiger partial charge in [-0.05, 0) is 6.92 Å². The van der Waals surface area contributed by atoms with E-state index >= 15 is 0 Å². The third-order valence-electron chi connectivity index (χ3n) is 3.85. The van der Waals surface area contributed by atoms with E-state index in [0.717, 1.165) is 17.2 Å². The predicted octanol–water partition coefficient (Wildman–Crippen LogP) is 3.03. The van der Waals surface area contributed by atoms with Gasteiger partial charge in [-0.25, -0.2) is 4.98 Å². The molecule has 0 aliphatic heterocycles. The van der Waals surface area contributed by atoms with Gasteiger partial charge in [0.15, 0.2) is 11.5 Å². The first-order valence-corrected chi connectivity index (χ1v) is 8.21. The first-order valence-electron chi connectivity index (χ1n) is 8.21. The minimum Gasteiger partial charge on any atom is -0.493 e. The van der Waals surface area contributed by atoms with E-state index in [9.17, 15) is 0 Å². The van der Waals surface area contributed by atoms with Crippen LogP contribution in [0.2, 0.25) is 0 Å². The quantitative estimate of drug-likeness (QED) is 0.655. The van der Waals surface area contributed by atoms with Crippen molar-refractivity contribution in [2.45, 2.75) is 6.92 Å². The van der Waals surface area contributed by atoms with Crippen molar-refractivity contribution in [2.75, 3.05) is 32.0 Å². The van der Waals surface area contributed by atoms with Crippen LogP contribution < -0.4 is 24.8 Å². The molecule has 0 radical (unpaired) electrons. The molecule has 2 heterocycles. The lowest BCUT2D eigenvalue weighted by molar-refractivity contribution is 0.324. The summed E-state index contributed by atoms with van der Waals surface area (Å²) in [7, 11) is 6.56. The largest absolute Gasteiger partial charge is 0.493 e. The topological polar surface area (TPSA) is 95.4 Å². The van der Waals surface area contributed by atoms with Crippen molar-refractivity contribution in [1.82, 2.24) is 19.7 Å². The molecule has 0 unspecified atom stereocenters. The van der Waals surface area contributed by atoms with Crippen LogP contribution in [0.5, 0.6) is 17.2 Å². The van der Waals surface area contributed by atoms with Gasteiger partial charge in [0.05, 0.1) is 27.5 Å². The van der Waals surface area contributed by atoms with Crippen molar-refractivity contribution in [3.05, 3.63) is 36.2 Å². The third kappa shape index (κ3) is 4.02. The fourth-order valence-electron chi connectivity index (χ4n) is 2.60. The summed E-state index contributed by atoms with van der Waals surface area (Å²) in [5, 5.41) is 10.5. The number of hydrogen-bond acceptors (Lipinski definition) is 8. The maximum absolute atomic E-state index is 5.39. The predicted molar refractivity (Wildman–Crippen MR) is 103 cm³/mol. The first kappa shape index (κ1) is 18.3. The summed E-state index contributed by atoms with van der Waals surface area (Å²) in [5.41, 5.74) is 1.55. The van der Waals surface area contributed by atoms with E-state index in [1.54, 1.807) is 32.2 Å². The smallest absolute Gasteiger partial charge is 0.230 e.